The molecule has 0 bridgehead atoms. The normalized spacial score (nSPS) is 14.6. The van der Waals surface area contributed by atoms with E-state index in [1.54, 1.807) is 24.3 Å². The summed E-state index contributed by atoms with van der Waals surface area (Å²) in [6.07, 6.45) is 0. The third kappa shape index (κ3) is 2.42. The quantitative estimate of drug-likeness (QED) is 0.774. The minimum Gasteiger partial charge on any atom is -0.480 e. The second-order valence-corrected chi connectivity index (χ2v) is 5.16. The van der Waals surface area contributed by atoms with Crippen molar-refractivity contribution in [3.8, 4) is 0 Å². The molecule has 20 heavy (non-hydrogen) atoms. The number of nitrogens with one attached hydrogen (secondary N) is 1. The van der Waals surface area contributed by atoms with Crippen LogP contribution in [0.3, 0.4) is 0 Å². The number of aliphatic carboxylic acids is 1. The van der Waals surface area contributed by atoms with Gasteiger partial charge in [-0.25, -0.2) is 0 Å². The summed E-state index contributed by atoms with van der Waals surface area (Å²) in [5.41, 5.74) is -0.302. The zero-order chi connectivity index (χ0) is 14.9. The van der Waals surface area contributed by atoms with Gasteiger partial charge >= 0.3 is 5.97 Å². The molecular formula is C14H16N2O4. The van der Waals surface area contributed by atoms with E-state index in [1.807, 2.05) is 0 Å². The summed E-state index contributed by atoms with van der Waals surface area (Å²) < 4.78 is 0. The first kappa shape index (κ1) is 14.2. The number of nitrogens with zero attached hydrogens (tertiary/aromatic N) is 1. The molecule has 106 valence electrons. The molecule has 0 spiro atoms. The van der Waals surface area contributed by atoms with Gasteiger partial charge in [0.05, 0.1) is 11.1 Å². The highest BCUT2D eigenvalue weighted by molar-refractivity contribution is 6.21. The van der Waals surface area contributed by atoms with Crippen LogP contribution in [-0.4, -0.2) is 46.4 Å². The summed E-state index contributed by atoms with van der Waals surface area (Å²) in [4.78, 5) is 36.2. The molecule has 6 heteroatoms. The third-order valence-corrected chi connectivity index (χ3v) is 3.32. The Labute approximate surface area is 116 Å². The van der Waals surface area contributed by atoms with Crippen molar-refractivity contribution in [2.75, 3.05) is 13.1 Å². The van der Waals surface area contributed by atoms with Gasteiger partial charge in [0.25, 0.3) is 11.8 Å². The van der Waals surface area contributed by atoms with Gasteiger partial charge in [-0.3, -0.25) is 19.3 Å². The molecule has 0 aromatic heterocycles. The highest BCUT2D eigenvalue weighted by Crippen LogP contribution is 2.21. The van der Waals surface area contributed by atoms with Crippen molar-refractivity contribution >= 4 is 17.8 Å². The summed E-state index contributed by atoms with van der Waals surface area (Å²) >= 11 is 0. The van der Waals surface area contributed by atoms with Crippen LogP contribution in [0.5, 0.6) is 0 Å². The molecule has 1 aromatic rings. The SMILES string of the molecule is CC(C)(NCCN1C(=O)c2ccccc2C1=O)C(=O)O. The fourth-order valence-corrected chi connectivity index (χ4v) is 2.00. The molecule has 2 amide bonds. The fraction of sp³-hybridized carbons (Fsp3) is 0.357. The minimum absolute atomic E-state index is 0.142. The van der Waals surface area contributed by atoms with Crippen LogP contribution in [0.25, 0.3) is 0 Å². The lowest BCUT2D eigenvalue weighted by Gasteiger charge is -2.22. The largest absolute Gasteiger partial charge is 0.480 e. The van der Waals surface area contributed by atoms with Crippen molar-refractivity contribution < 1.29 is 19.5 Å². The number of benzene rings is 1. The van der Waals surface area contributed by atoms with Crippen LogP contribution in [-0.2, 0) is 4.79 Å². The minimum atomic E-state index is -1.10. The number of carbonyl (C=O) groups is 3. The van der Waals surface area contributed by atoms with Gasteiger partial charge in [-0.05, 0) is 26.0 Å². The van der Waals surface area contributed by atoms with Crippen LogP contribution in [0.15, 0.2) is 24.3 Å². The van der Waals surface area contributed by atoms with Gasteiger partial charge in [-0.2, -0.15) is 0 Å². The van der Waals surface area contributed by atoms with Crippen molar-refractivity contribution in [2.45, 2.75) is 19.4 Å². The van der Waals surface area contributed by atoms with Crippen LogP contribution in [0.1, 0.15) is 34.6 Å². The zero-order valence-electron chi connectivity index (χ0n) is 11.3. The highest BCUT2D eigenvalue weighted by atomic mass is 16.4. The number of carboxylic acid groups (broad SMARTS) is 1. The predicted molar refractivity (Wildman–Crippen MR) is 71.5 cm³/mol. The monoisotopic (exact) mass is 276 g/mol. The van der Waals surface area contributed by atoms with Crippen LogP contribution in [0.4, 0.5) is 0 Å². The van der Waals surface area contributed by atoms with E-state index in [4.69, 9.17) is 5.11 Å². The first-order valence-electron chi connectivity index (χ1n) is 6.28. The van der Waals surface area contributed by atoms with E-state index in [0.29, 0.717) is 11.1 Å². The number of carboxylic acids is 1. The molecule has 1 aliphatic rings. The molecule has 0 fully saturated rings. The topological polar surface area (TPSA) is 86.7 Å². The number of carbonyl (C=O) groups excluding carboxylic acids is 2. The Bertz CT molecular complexity index is 545. The van der Waals surface area contributed by atoms with Crippen molar-refractivity contribution in [1.82, 2.24) is 10.2 Å². The van der Waals surface area contributed by atoms with Crippen LogP contribution in [0.2, 0.25) is 0 Å². The maximum Gasteiger partial charge on any atom is 0.323 e. The first-order valence-corrected chi connectivity index (χ1v) is 6.28. The van der Waals surface area contributed by atoms with E-state index < -0.39 is 11.5 Å². The maximum atomic E-state index is 12.1. The maximum absolute atomic E-state index is 12.1. The van der Waals surface area contributed by atoms with Gasteiger partial charge in [0.1, 0.15) is 5.54 Å². The summed E-state index contributed by atoms with van der Waals surface area (Å²) in [5, 5.41) is 11.8. The first-order chi connectivity index (χ1) is 9.34. The zero-order valence-corrected chi connectivity index (χ0v) is 11.3. The summed E-state index contributed by atoms with van der Waals surface area (Å²) in [7, 11) is 0. The van der Waals surface area contributed by atoms with Crippen molar-refractivity contribution in [2.24, 2.45) is 0 Å². The smallest absolute Gasteiger partial charge is 0.323 e. The van der Waals surface area contributed by atoms with E-state index in [1.165, 1.54) is 13.8 Å². The van der Waals surface area contributed by atoms with E-state index >= 15 is 0 Å². The molecule has 0 atom stereocenters. The highest BCUT2D eigenvalue weighted by Gasteiger charge is 2.35. The molecule has 1 heterocycles. The van der Waals surface area contributed by atoms with E-state index in [0.717, 1.165) is 4.90 Å². The molecule has 1 aliphatic heterocycles. The number of rotatable bonds is 5. The van der Waals surface area contributed by atoms with Crippen LogP contribution < -0.4 is 5.32 Å². The Morgan fingerprint density at radius 3 is 2.15 bits per heavy atom. The predicted octanol–water partition coefficient (Wildman–Crippen LogP) is 0.735. The molecule has 2 rings (SSSR count). The Morgan fingerprint density at radius 2 is 1.70 bits per heavy atom. The lowest BCUT2D eigenvalue weighted by molar-refractivity contribution is -0.143. The lowest BCUT2D eigenvalue weighted by atomic mass is 10.1. The Hall–Kier alpha value is -2.21. The molecule has 0 aliphatic carbocycles. The Balaban J connectivity index is 2.01. The van der Waals surface area contributed by atoms with Gasteiger partial charge < -0.3 is 10.4 Å². The molecule has 0 unspecified atom stereocenters. The number of fused-ring (bicyclic) bond motifs is 1. The number of hydrogen-bond acceptors (Lipinski definition) is 4. The van der Waals surface area contributed by atoms with Crippen LogP contribution >= 0.6 is 0 Å². The standard InChI is InChI=1S/C14H16N2O4/c1-14(2,13(19)20)15-7-8-16-11(17)9-5-3-4-6-10(9)12(16)18/h3-6,15H,7-8H2,1-2H3,(H,19,20). The molecule has 0 saturated carbocycles. The molecule has 0 saturated heterocycles. The van der Waals surface area contributed by atoms with Crippen LogP contribution in [0, 0.1) is 0 Å². The average molecular weight is 276 g/mol. The Morgan fingerprint density at radius 1 is 1.20 bits per heavy atom. The van der Waals surface area contributed by atoms with E-state index in [9.17, 15) is 14.4 Å². The lowest BCUT2D eigenvalue weighted by Crippen LogP contribution is -2.49. The molecular weight excluding hydrogens is 260 g/mol. The molecule has 1 aromatic carbocycles. The fourth-order valence-electron chi connectivity index (χ4n) is 2.00. The van der Waals surface area contributed by atoms with E-state index in [2.05, 4.69) is 5.32 Å². The second-order valence-electron chi connectivity index (χ2n) is 5.16. The molecule has 6 nitrogen and oxygen atoms in total. The number of hydrogen-bond donors (Lipinski definition) is 2. The summed E-state index contributed by atoms with van der Waals surface area (Å²) in [5.74, 6) is -1.65. The van der Waals surface area contributed by atoms with Gasteiger partial charge in [0.15, 0.2) is 0 Å². The number of imide groups is 1. The van der Waals surface area contributed by atoms with Gasteiger partial charge in [-0.15, -0.1) is 0 Å². The Kier molecular flexibility index (Phi) is 3.59. The number of amides is 2. The van der Waals surface area contributed by atoms with E-state index in [-0.39, 0.29) is 24.9 Å². The molecule has 2 N–H and O–H groups in total. The van der Waals surface area contributed by atoms with Crippen molar-refractivity contribution in [1.29, 1.82) is 0 Å². The van der Waals surface area contributed by atoms with Crippen molar-refractivity contribution in [3.63, 3.8) is 0 Å². The second kappa shape index (κ2) is 5.05. The molecule has 0 radical (unpaired) electrons. The van der Waals surface area contributed by atoms with Gasteiger partial charge in [0, 0.05) is 13.1 Å². The van der Waals surface area contributed by atoms with Gasteiger partial charge in [-0.1, -0.05) is 12.1 Å². The third-order valence-electron chi connectivity index (χ3n) is 3.32. The van der Waals surface area contributed by atoms with Gasteiger partial charge in [0.2, 0.25) is 0 Å². The average Bonchev–Trinajstić information content (AvgIpc) is 2.64. The summed E-state index contributed by atoms with van der Waals surface area (Å²) in [6.45, 7) is 3.42. The summed E-state index contributed by atoms with van der Waals surface area (Å²) in [6, 6.07) is 6.65. The van der Waals surface area contributed by atoms with Crippen molar-refractivity contribution in [3.05, 3.63) is 35.4 Å².